The number of hydrogen-bond acceptors (Lipinski definition) is 2. The van der Waals surface area contributed by atoms with Gasteiger partial charge in [0.1, 0.15) is 0 Å². The second-order valence-corrected chi connectivity index (χ2v) is 6.34. The molecule has 0 aliphatic carbocycles. The second kappa shape index (κ2) is 7.24. The van der Waals surface area contributed by atoms with Crippen molar-refractivity contribution in [1.82, 2.24) is 5.32 Å². The molecule has 1 aromatic rings. The fraction of sp³-hybridized carbons (Fsp3) is 0.533. The Morgan fingerprint density at radius 3 is 2.84 bits per heavy atom. The Hall–Kier alpha value is -0.620. The van der Waals surface area contributed by atoms with Gasteiger partial charge < -0.3 is 10.1 Å². The molecule has 0 spiro atoms. The third kappa shape index (κ3) is 4.76. The molecule has 2 rings (SSSR count). The van der Waals surface area contributed by atoms with E-state index in [4.69, 9.17) is 4.74 Å². The van der Waals surface area contributed by atoms with Crippen LogP contribution in [0, 0.1) is 3.57 Å². The highest BCUT2D eigenvalue weighted by Gasteiger charge is 2.17. The molecule has 104 valence electrons. The van der Waals surface area contributed by atoms with Crippen molar-refractivity contribution >= 4 is 28.5 Å². The first-order valence-corrected chi connectivity index (χ1v) is 7.91. The first kappa shape index (κ1) is 14.8. The minimum atomic E-state index is 0.0104. The first-order valence-electron chi connectivity index (χ1n) is 6.83. The van der Waals surface area contributed by atoms with E-state index in [-0.39, 0.29) is 11.9 Å². The highest BCUT2D eigenvalue weighted by atomic mass is 127. The molecular weight excluding hydrogens is 353 g/mol. The smallest absolute Gasteiger partial charge is 0.251 e. The summed E-state index contributed by atoms with van der Waals surface area (Å²) in [6.07, 6.45) is 4.75. The fourth-order valence-electron chi connectivity index (χ4n) is 2.29. The van der Waals surface area contributed by atoms with Crippen molar-refractivity contribution in [2.45, 2.75) is 44.8 Å². The van der Waals surface area contributed by atoms with Crippen LogP contribution in [-0.4, -0.2) is 24.7 Å². The third-order valence-corrected chi connectivity index (χ3v) is 4.15. The Bertz CT molecular complexity index is 413. The summed E-state index contributed by atoms with van der Waals surface area (Å²) >= 11 is 2.23. The zero-order valence-corrected chi connectivity index (χ0v) is 13.4. The topological polar surface area (TPSA) is 38.3 Å². The molecule has 4 heteroatoms. The maximum atomic E-state index is 12.0. The molecule has 1 fully saturated rings. The molecule has 1 saturated heterocycles. The van der Waals surface area contributed by atoms with Gasteiger partial charge in [-0.3, -0.25) is 4.79 Å². The van der Waals surface area contributed by atoms with Crippen molar-refractivity contribution in [3.05, 3.63) is 33.4 Å². The molecule has 1 aromatic carbocycles. The van der Waals surface area contributed by atoms with Gasteiger partial charge in [0.25, 0.3) is 5.91 Å². The quantitative estimate of drug-likeness (QED) is 0.804. The molecule has 1 heterocycles. The Labute approximate surface area is 128 Å². The summed E-state index contributed by atoms with van der Waals surface area (Å²) in [6.45, 7) is 2.95. The van der Waals surface area contributed by atoms with Crippen LogP contribution in [0.3, 0.4) is 0 Å². The van der Waals surface area contributed by atoms with E-state index in [0.717, 1.165) is 35.0 Å². The number of benzene rings is 1. The first-order chi connectivity index (χ1) is 9.15. The predicted octanol–water partition coefficient (Wildman–Crippen LogP) is 3.37. The molecule has 0 radical (unpaired) electrons. The number of carbonyl (C=O) groups is 1. The number of carbonyl (C=O) groups excluding carboxylic acids is 1. The van der Waals surface area contributed by atoms with Crippen molar-refractivity contribution in [3.63, 3.8) is 0 Å². The zero-order chi connectivity index (χ0) is 13.7. The molecule has 1 aliphatic heterocycles. The minimum Gasteiger partial charge on any atom is -0.378 e. The lowest BCUT2D eigenvalue weighted by Crippen LogP contribution is -2.33. The molecule has 2 unspecified atom stereocenters. The molecule has 1 amide bonds. The molecule has 19 heavy (non-hydrogen) atoms. The average Bonchev–Trinajstić information content (AvgIpc) is 2.90. The van der Waals surface area contributed by atoms with E-state index >= 15 is 0 Å². The van der Waals surface area contributed by atoms with E-state index in [1.807, 2.05) is 24.3 Å². The second-order valence-electron chi connectivity index (χ2n) is 5.09. The number of rotatable bonds is 5. The van der Waals surface area contributed by atoms with Crippen molar-refractivity contribution in [1.29, 1.82) is 0 Å². The van der Waals surface area contributed by atoms with Crippen molar-refractivity contribution < 1.29 is 9.53 Å². The zero-order valence-electron chi connectivity index (χ0n) is 11.2. The van der Waals surface area contributed by atoms with E-state index in [0.29, 0.717) is 6.10 Å². The normalized spacial score (nSPS) is 20.2. The minimum absolute atomic E-state index is 0.0104. The Morgan fingerprint density at radius 2 is 2.21 bits per heavy atom. The van der Waals surface area contributed by atoms with Gasteiger partial charge in [-0.2, -0.15) is 0 Å². The Morgan fingerprint density at radius 1 is 1.47 bits per heavy atom. The largest absolute Gasteiger partial charge is 0.378 e. The summed E-state index contributed by atoms with van der Waals surface area (Å²) < 4.78 is 6.73. The lowest BCUT2D eigenvalue weighted by molar-refractivity contribution is 0.0899. The van der Waals surface area contributed by atoms with Gasteiger partial charge >= 0.3 is 0 Å². The number of halogens is 1. The standard InChI is InChI=1S/C15H20INO2/c1-11(4-9-14-3-2-10-19-14)17-15(18)12-5-7-13(16)8-6-12/h5-8,11,14H,2-4,9-10H2,1H3,(H,17,18). The lowest BCUT2D eigenvalue weighted by Gasteiger charge is -2.16. The maximum absolute atomic E-state index is 12.0. The summed E-state index contributed by atoms with van der Waals surface area (Å²) in [5.74, 6) is 0.0104. The molecular formula is C15H20INO2. The van der Waals surface area contributed by atoms with E-state index < -0.39 is 0 Å². The van der Waals surface area contributed by atoms with E-state index in [2.05, 4.69) is 34.8 Å². The van der Waals surface area contributed by atoms with Crippen molar-refractivity contribution in [3.8, 4) is 0 Å². The van der Waals surface area contributed by atoms with Crippen LogP contribution < -0.4 is 5.32 Å². The van der Waals surface area contributed by atoms with Gasteiger partial charge in [-0.05, 0) is 79.5 Å². The summed E-state index contributed by atoms with van der Waals surface area (Å²) in [7, 11) is 0. The van der Waals surface area contributed by atoms with Gasteiger partial charge in [0.15, 0.2) is 0 Å². The summed E-state index contributed by atoms with van der Waals surface area (Å²) in [6, 6.07) is 7.82. The van der Waals surface area contributed by atoms with Gasteiger partial charge in [0.2, 0.25) is 0 Å². The fourth-order valence-corrected chi connectivity index (χ4v) is 2.65. The van der Waals surface area contributed by atoms with Crippen LogP contribution in [0.2, 0.25) is 0 Å². The number of ether oxygens (including phenoxy) is 1. The molecule has 3 nitrogen and oxygen atoms in total. The van der Waals surface area contributed by atoms with Gasteiger partial charge in [-0.1, -0.05) is 0 Å². The van der Waals surface area contributed by atoms with Crippen LogP contribution in [0.1, 0.15) is 43.0 Å². The van der Waals surface area contributed by atoms with Crippen LogP contribution in [0.4, 0.5) is 0 Å². The third-order valence-electron chi connectivity index (χ3n) is 3.43. The summed E-state index contributed by atoms with van der Waals surface area (Å²) in [4.78, 5) is 12.0. The van der Waals surface area contributed by atoms with E-state index in [1.54, 1.807) is 0 Å². The summed E-state index contributed by atoms with van der Waals surface area (Å²) in [5, 5.41) is 3.04. The predicted molar refractivity (Wildman–Crippen MR) is 84.3 cm³/mol. The molecule has 0 saturated carbocycles. The van der Waals surface area contributed by atoms with E-state index in [9.17, 15) is 4.79 Å². The monoisotopic (exact) mass is 373 g/mol. The average molecular weight is 373 g/mol. The van der Waals surface area contributed by atoms with Crippen LogP contribution in [0.5, 0.6) is 0 Å². The molecule has 0 aromatic heterocycles. The van der Waals surface area contributed by atoms with Gasteiger partial charge in [-0.25, -0.2) is 0 Å². The molecule has 2 atom stereocenters. The van der Waals surface area contributed by atoms with Crippen LogP contribution in [0.25, 0.3) is 0 Å². The van der Waals surface area contributed by atoms with Crippen LogP contribution in [-0.2, 0) is 4.74 Å². The van der Waals surface area contributed by atoms with Crippen LogP contribution >= 0.6 is 22.6 Å². The molecule has 1 N–H and O–H groups in total. The number of amides is 1. The molecule has 0 bridgehead atoms. The van der Waals surface area contributed by atoms with E-state index in [1.165, 1.54) is 6.42 Å². The maximum Gasteiger partial charge on any atom is 0.251 e. The van der Waals surface area contributed by atoms with Crippen LogP contribution in [0.15, 0.2) is 24.3 Å². The van der Waals surface area contributed by atoms with Crippen molar-refractivity contribution in [2.75, 3.05) is 6.61 Å². The highest BCUT2D eigenvalue weighted by molar-refractivity contribution is 14.1. The number of nitrogens with one attached hydrogen (secondary N) is 1. The van der Waals surface area contributed by atoms with Gasteiger partial charge in [0, 0.05) is 21.8 Å². The SMILES string of the molecule is CC(CCC1CCCO1)NC(=O)c1ccc(I)cc1. The van der Waals surface area contributed by atoms with Gasteiger partial charge in [-0.15, -0.1) is 0 Å². The summed E-state index contributed by atoms with van der Waals surface area (Å²) in [5.41, 5.74) is 0.726. The molecule has 1 aliphatic rings. The van der Waals surface area contributed by atoms with Crippen molar-refractivity contribution in [2.24, 2.45) is 0 Å². The lowest BCUT2D eigenvalue weighted by atomic mass is 10.1. The Balaban J connectivity index is 1.76. The number of hydrogen-bond donors (Lipinski definition) is 1. The Kier molecular flexibility index (Phi) is 5.63. The van der Waals surface area contributed by atoms with Gasteiger partial charge in [0.05, 0.1) is 6.10 Å². The highest BCUT2D eigenvalue weighted by Crippen LogP contribution is 2.17.